The zero-order valence-corrected chi connectivity index (χ0v) is 11.6. The number of alkyl halides is 3. The first-order valence-corrected chi connectivity index (χ1v) is 7.51. The van der Waals surface area contributed by atoms with E-state index in [4.69, 9.17) is 0 Å². The van der Waals surface area contributed by atoms with E-state index in [-0.39, 0.29) is 12.5 Å². The predicted molar refractivity (Wildman–Crippen MR) is 70.0 cm³/mol. The van der Waals surface area contributed by atoms with Gasteiger partial charge in [0, 0.05) is 18.1 Å². The van der Waals surface area contributed by atoms with Gasteiger partial charge in [-0.05, 0) is 52.0 Å². The van der Waals surface area contributed by atoms with Crippen molar-refractivity contribution in [2.75, 3.05) is 6.54 Å². The van der Waals surface area contributed by atoms with Crippen LogP contribution in [0.25, 0.3) is 0 Å². The largest absolute Gasteiger partial charge is 0.391 e. The summed E-state index contributed by atoms with van der Waals surface area (Å²) in [5, 5.41) is 6.85. The molecule has 4 atom stereocenters. The molecule has 2 N–H and O–H groups in total. The average Bonchev–Trinajstić information content (AvgIpc) is 2.80. The third-order valence-electron chi connectivity index (χ3n) is 4.46. The summed E-state index contributed by atoms with van der Waals surface area (Å²) in [7, 11) is 0. The van der Waals surface area contributed by atoms with Gasteiger partial charge >= 0.3 is 6.18 Å². The second-order valence-corrected chi connectivity index (χ2v) is 6.20. The van der Waals surface area contributed by atoms with E-state index in [0.717, 1.165) is 19.4 Å². The molecule has 2 aliphatic rings. The van der Waals surface area contributed by atoms with Crippen LogP contribution in [-0.2, 0) is 0 Å². The van der Waals surface area contributed by atoms with E-state index >= 15 is 0 Å². The highest BCUT2D eigenvalue weighted by molar-refractivity contribution is 4.85. The van der Waals surface area contributed by atoms with Crippen molar-refractivity contribution < 1.29 is 13.2 Å². The summed E-state index contributed by atoms with van der Waals surface area (Å²) in [6.45, 7) is 3.17. The topological polar surface area (TPSA) is 24.1 Å². The lowest BCUT2D eigenvalue weighted by atomic mass is 9.85. The van der Waals surface area contributed by atoms with Crippen LogP contribution in [0.1, 0.15) is 51.9 Å². The number of rotatable bonds is 4. The van der Waals surface area contributed by atoms with Gasteiger partial charge < -0.3 is 10.6 Å². The summed E-state index contributed by atoms with van der Waals surface area (Å²) >= 11 is 0. The lowest BCUT2D eigenvalue weighted by molar-refractivity contribution is -0.183. The molecule has 5 heteroatoms. The summed E-state index contributed by atoms with van der Waals surface area (Å²) in [4.78, 5) is 0. The van der Waals surface area contributed by atoms with Crippen LogP contribution in [-0.4, -0.2) is 30.8 Å². The maximum Gasteiger partial charge on any atom is 0.391 e. The summed E-state index contributed by atoms with van der Waals surface area (Å²) in [6.07, 6.45) is 1.56. The molecule has 0 aromatic heterocycles. The normalized spacial score (nSPS) is 34.4. The van der Waals surface area contributed by atoms with Gasteiger partial charge in [-0.3, -0.25) is 0 Å². The number of nitrogens with one attached hydrogen (secondary N) is 2. The Balaban J connectivity index is 1.75. The smallest absolute Gasteiger partial charge is 0.314 e. The molecule has 1 heterocycles. The monoisotopic (exact) mass is 278 g/mol. The van der Waals surface area contributed by atoms with Crippen molar-refractivity contribution in [1.82, 2.24) is 10.6 Å². The Morgan fingerprint density at radius 1 is 1.21 bits per heavy atom. The lowest BCUT2D eigenvalue weighted by Crippen LogP contribution is -2.44. The molecular weight excluding hydrogens is 253 g/mol. The number of hydrogen-bond donors (Lipinski definition) is 2. The van der Waals surface area contributed by atoms with Crippen molar-refractivity contribution in [3.05, 3.63) is 0 Å². The van der Waals surface area contributed by atoms with Gasteiger partial charge in [-0.25, -0.2) is 0 Å². The average molecular weight is 278 g/mol. The van der Waals surface area contributed by atoms with Crippen molar-refractivity contribution in [3.8, 4) is 0 Å². The Hall–Kier alpha value is -0.290. The Morgan fingerprint density at radius 3 is 2.63 bits per heavy atom. The second-order valence-electron chi connectivity index (χ2n) is 6.20. The van der Waals surface area contributed by atoms with Crippen LogP contribution in [0.15, 0.2) is 0 Å². The predicted octanol–water partition coefficient (Wildman–Crippen LogP) is 3.23. The Morgan fingerprint density at radius 2 is 2.00 bits per heavy atom. The third kappa shape index (κ3) is 4.63. The highest BCUT2D eigenvalue weighted by Gasteiger charge is 2.42. The molecule has 0 aromatic rings. The first kappa shape index (κ1) is 15.1. The van der Waals surface area contributed by atoms with E-state index in [1.54, 1.807) is 0 Å². The van der Waals surface area contributed by atoms with E-state index in [9.17, 15) is 13.2 Å². The molecular formula is C14H25F3N2. The molecule has 2 fully saturated rings. The molecule has 0 aromatic carbocycles. The summed E-state index contributed by atoms with van der Waals surface area (Å²) in [5.41, 5.74) is 0. The van der Waals surface area contributed by atoms with Crippen molar-refractivity contribution in [2.45, 2.75) is 76.2 Å². The molecule has 2 nitrogen and oxygen atoms in total. The second kappa shape index (κ2) is 6.44. The van der Waals surface area contributed by atoms with Crippen LogP contribution in [0, 0.1) is 5.92 Å². The minimum absolute atomic E-state index is 0.0387. The van der Waals surface area contributed by atoms with Gasteiger partial charge in [-0.15, -0.1) is 0 Å². The van der Waals surface area contributed by atoms with Crippen molar-refractivity contribution >= 4 is 0 Å². The highest BCUT2D eigenvalue weighted by Crippen LogP contribution is 2.37. The van der Waals surface area contributed by atoms with Gasteiger partial charge in [0.05, 0.1) is 5.92 Å². The van der Waals surface area contributed by atoms with E-state index < -0.39 is 12.1 Å². The maximum atomic E-state index is 12.7. The molecule has 19 heavy (non-hydrogen) atoms. The Kier molecular flexibility index (Phi) is 5.12. The maximum absolute atomic E-state index is 12.7. The molecule has 0 radical (unpaired) electrons. The fourth-order valence-electron chi connectivity index (χ4n) is 3.49. The van der Waals surface area contributed by atoms with Gasteiger partial charge in [0.2, 0.25) is 0 Å². The molecule has 4 unspecified atom stereocenters. The summed E-state index contributed by atoms with van der Waals surface area (Å²) in [6, 6.07) is 0.883. The fourth-order valence-corrected chi connectivity index (χ4v) is 3.49. The summed E-state index contributed by atoms with van der Waals surface area (Å²) < 4.78 is 38.2. The number of hydrogen-bond acceptors (Lipinski definition) is 2. The van der Waals surface area contributed by atoms with Crippen LogP contribution < -0.4 is 10.6 Å². The van der Waals surface area contributed by atoms with Crippen molar-refractivity contribution in [3.63, 3.8) is 0 Å². The molecule has 0 bridgehead atoms. The fraction of sp³-hybridized carbons (Fsp3) is 1.00. The van der Waals surface area contributed by atoms with E-state index in [1.165, 1.54) is 12.8 Å². The molecule has 1 saturated carbocycles. The first-order valence-electron chi connectivity index (χ1n) is 7.51. The van der Waals surface area contributed by atoms with Gasteiger partial charge in [0.25, 0.3) is 0 Å². The summed E-state index contributed by atoms with van der Waals surface area (Å²) in [5.74, 6) is -1.10. The van der Waals surface area contributed by atoms with E-state index in [2.05, 4.69) is 17.6 Å². The zero-order valence-electron chi connectivity index (χ0n) is 11.6. The Labute approximate surface area is 113 Å². The van der Waals surface area contributed by atoms with Crippen molar-refractivity contribution in [1.29, 1.82) is 0 Å². The number of halogens is 3. The lowest BCUT2D eigenvalue weighted by Gasteiger charge is -2.33. The molecule has 1 aliphatic heterocycles. The van der Waals surface area contributed by atoms with Crippen LogP contribution in [0.5, 0.6) is 0 Å². The molecule has 112 valence electrons. The Bertz CT molecular complexity index is 274. The zero-order chi connectivity index (χ0) is 13.9. The van der Waals surface area contributed by atoms with Crippen molar-refractivity contribution in [2.24, 2.45) is 5.92 Å². The molecule has 0 amide bonds. The quantitative estimate of drug-likeness (QED) is 0.825. The molecule has 1 saturated heterocycles. The van der Waals surface area contributed by atoms with Crippen LogP contribution >= 0.6 is 0 Å². The van der Waals surface area contributed by atoms with Gasteiger partial charge in [0.1, 0.15) is 0 Å². The first-order chi connectivity index (χ1) is 8.95. The highest BCUT2D eigenvalue weighted by atomic mass is 19.4. The molecule has 1 aliphatic carbocycles. The van der Waals surface area contributed by atoms with E-state index in [0.29, 0.717) is 24.9 Å². The third-order valence-corrected chi connectivity index (χ3v) is 4.46. The standard InChI is InChI=1S/C14H25F3N2/c1-10(8-12-6-3-7-18-12)19-13-5-2-4-11(9-13)14(15,16)17/h10-13,18-19H,2-9H2,1H3. The minimum atomic E-state index is -4.02. The van der Waals surface area contributed by atoms with Gasteiger partial charge in [-0.1, -0.05) is 6.42 Å². The molecule has 2 rings (SSSR count). The van der Waals surface area contributed by atoms with Crippen LogP contribution in [0.4, 0.5) is 13.2 Å². The SMILES string of the molecule is CC(CC1CCCN1)NC1CCCC(C(F)(F)F)C1. The van der Waals surface area contributed by atoms with Crippen LogP contribution in [0.3, 0.4) is 0 Å². The van der Waals surface area contributed by atoms with E-state index in [1.807, 2.05) is 0 Å². The van der Waals surface area contributed by atoms with Crippen LogP contribution in [0.2, 0.25) is 0 Å². The molecule has 0 spiro atoms. The van der Waals surface area contributed by atoms with Gasteiger partial charge in [-0.2, -0.15) is 13.2 Å². The minimum Gasteiger partial charge on any atom is -0.314 e. The van der Waals surface area contributed by atoms with Gasteiger partial charge in [0.15, 0.2) is 0 Å².